The van der Waals surface area contributed by atoms with E-state index in [4.69, 9.17) is 6.42 Å². The van der Waals surface area contributed by atoms with E-state index in [2.05, 4.69) is 4.98 Å². The van der Waals surface area contributed by atoms with Crippen LogP contribution in [0, 0.1) is 25.1 Å². The number of aliphatic hydroxyl groups is 1. The lowest BCUT2D eigenvalue weighted by Crippen LogP contribution is -2.53. The van der Waals surface area contributed by atoms with Crippen molar-refractivity contribution >= 4 is 24.9 Å². The van der Waals surface area contributed by atoms with E-state index in [9.17, 15) is 28.9 Å². The van der Waals surface area contributed by atoms with Gasteiger partial charge in [-0.15, -0.1) is 6.42 Å². The maximum atomic E-state index is 14.1. The fourth-order valence-electron chi connectivity index (χ4n) is 4.16. The molecule has 3 rings (SSSR count). The number of halogens is 1. The predicted octanol–water partition coefficient (Wildman–Crippen LogP) is 4.87. The van der Waals surface area contributed by atoms with Gasteiger partial charge in [0, 0.05) is 10.9 Å². The van der Waals surface area contributed by atoms with Crippen LogP contribution in [0.25, 0.3) is 22.0 Å². The third-order valence-corrected chi connectivity index (χ3v) is 7.24. The van der Waals surface area contributed by atoms with Gasteiger partial charge in [-0.3, -0.25) is 4.98 Å². The highest BCUT2D eigenvalue weighted by Gasteiger charge is 2.70. The Morgan fingerprint density at radius 3 is 2.39 bits per heavy atom. The van der Waals surface area contributed by atoms with Crippen molar-refractivity contribution in [1.29, 1.82) is 0 Å². The van der Waals surface area contributed by atoms with E-state index < -0.39 is 30.6 Å². The number of fused-ring (bicyclic) bond motifs is 1. The van der Waals surface area contributed by atoms with E-state index in [-0.39, 0.29) is 11.5 Å². The minimum atomic E-state index is -3.59. The number of carboxylic acid groups (broad SMARTS) is 1. The second-order valence-corrected chi connectivity index (χ2v) is 9.60. The molecule has 170 valence electrons. The average molecular weight is 468 g/mol. The van der Waals surface area contributed by atoms with Crippen molar-refractivity contribution < 1.29 is 28.9 Å². The monoisotopic (exact) mass is 468 g/mol. The minimum Gasteiger partial charge on any atom is -0.477 e. The second kappa shape index (κ2) is 8.64. The van der Waals surface area contributed by atoms with Crippen LogP contribution >= 0.6 is 8.03 Å². The normalized spacial score (nSPS) is 15.5. The van der Waals surface area contributed by atoms with Crippen LogP contribution in [-0.2, 0) is 15.0 Å². The first kappa shape index (κ1) is 24.5. The van der Waals surface area contributed by atoms with Crippen molar-refractivity contribution in [3.05, 3.63) is 65.1 Å². The number of hydrogen-bond acceptors (Lipinski definition) is 4. The fraction of sp³-hybridized carbons (Fsp3) is 0.280. The van der Waals surface area contributed by atoms with Crippen LogP contribution in [0.2, 0.25) is 0 Å². The number of aryl methyl sites for hydroxylation is 1. The first-order chi connectivity index (χ1) is 15.4. The van der Waals surface area contributed by atoms with E-state index in [0.717, 1.165) is 6.92 Å². The van der Waals surface area contributed by atoms with Gasteiger partial charge in [0.1, 0.15) is 5.82 Å². The molecule has 3 atom stereocenters. The number of aromatic nitrogens is 1. The third kappa shape index (κ3) is 3.71. The summed E-state index contributed by atoms with van der Waals surface area (Å²) >= 11 is 0. The molecular formula is C25H24FNO5P+. The van der Waals surface area contributed by atoms with Crippen LogP contribution in [0.1, 0.15) is 43.5 Å². The van der Waals surface area contributed by atoms with E-state index in [1.165, 1.54) is 12.1 Å². The molecule has 3 unspecified atom stereocenters. The number of nitrogens with zero attached hydrogens (tertiary/aromatic N) is 1. The number of carbonyl (C=O) groups is 1. The number of rotatable bonds is 6. The molecule has 3 aromatic rings. The van der Waals surface area contributed by atoms with E-state index in [1.807, 2.05) is 5.92 Å². The number of aliphatic carboxylic acids is 1. The SMILES string of the molecule is C#CC(C(=O)O)([P+](=O)O)C(C)(O)c1c(C(C)C)nc2ccccc2c1-c1ccc(F)c(C)c1. The molecule has 0 saturated heterocycles. The van der Waals surface area contributed by atoms with Gasteiger partial charge in [-0.25, -0.2) is 9.18 Å². The summed E-state index contributed by atoms with van der Waals surface area (Å²) in [5, 5.41) is 19.5. The number of para-hydroxylation sites is 1. The summed E-state index contributed by atoms with van der Waals surface area (Å²) in [5.41, 5.74) is -0.450. The zero-order valence-corrected chi connectivity index (χ0v) is 19.5. The largest absolute Gasteiger partial charge is 0.541 e. The summed E-state index contributed by atoms with van der Waals surface area (Å²) in [6.07, 6.45) is 5.50. The Bertz CT molecular complexity index is 1310. The average Bonchev–Trinajstić information content (AvgIpc) is 2.74. The van der Waals surface area contributed by atoms with E-state index in [1.54, 1.807) is 51.1 Å². The third-order valence-electron chi connectivity index (χ3n) is 5.91. The van der Waals surface area contributed by atoms with Crippen LogP contribution < -0.4 is 0 Å². The van der Waals surface area contributed by atoms with Crippen LogP contribution in [0.4, 0.5) is 4.39 Å². The number of hydrogen-bond donors (Lipinski definition) is 3. The zero-order valence-electron chi connectivity index (χ0n) is 18.6. The number of benzene rings is 2. The van der Waals surface area contributed by atoms with Crippen molar-refractivity contribution in [2.45, 2.75) is 44.4 Å². The molecule has 0 saturated carbocycles. The van der Waals surface area contributed by atoms with Crippen molar-refractivity contribution in [3.8, 4) is 23.5 Å². The molecule has 0 fully saturated rings. The van der Waals surface area contributed by atoms with E-state index in [0.29, 0.717) is 33.3 Å². The van der Waals surface area contributed by atoms with Crippen LogP contribution in [0.5, 0.6) is 0 Å². The molecule has 0 radical (unpaired) electrons. The smallest absolute Gasteiger partial charge is 0.477 e. The Morgan fingerprint density at radius 1 is 1.24 bits per heavy atom. The van der Waals surface area contributed by atoms with Crippen LogP contribution in [-0.4, -0.2) is 31.2 Å². The highest BCUT2D eigenvalue weighted by atomic mass is 31.1. The van der Waals surface area contributed by atoms with Crippen LogP contribution in [0.15, 0.2) is 42.5 Å². The topological polar surface area (TPSA) is 108 Å². The van der Waals surface area contributed by atoms with Gasteiger partial charge in [-0.05, 0) is 65.1 Å². The van der Waals surface area contributed by atoms with Crippen molar-refractivity contribution in [1.82, 2.24) is 4.98 Å². The molecule has 0 spiro atoms. The quantitative estimate of drug-likeness (QED) is 0.352. The van der Waals surface area contributed by atoms with Gasteiger partial charge >= 0.3 is 19.2 Å². The Balaban J connectivity index is 2.63. The molecule has 0 aliphatic rings. The Hall–Kier alpha value is -3.17. The van der Waals surface area contributed by atoms with Gasteiger partial charge in [0.25, 0.3) is 0 Å². The van der Waals surface area contributed by atoms with Crippen molar-refractivity contribution in [2.24, 2.45) is 0 Å². The first-order valence-corrected chi connectivity index (χ1v) is 11.4. The van der Waals surface area contributed by atoms with Gasteiger partial charge in [-0.1, -0.05) is 38.1 Å². The Labute approximate surface area is 192 Å². The lowest BCUT2D eigenvalue weighted by molar-refractivity contribution is -0.145. The summed E-state index contributed by atoms with van der Waals surface area (Å²) in [4.78, 5) is 27.0. The summed E-state index contributed by atoms with van der Waals surface area (Å²) in [7, 11) is -3.59. The fourth-order valence-corrected chi connectivity index (χ4v) is 4.91. The Kier molecular flexibility index (Phi) is 6.41. The molecule has 6 nitrogen and oxygen atoms in total. The zero-order chi connectivity index (χ0) is 24.7. The molecule has 3 N–H and O–H groups in total. The highest BCUT2D eigenvalue weighted by Crippen LogP contribution is 2.53. The van der Waals surface area contributed by atoms with Gasteiger partial charge in [0.2, 0.25) is 0 Å². The molecular weight excluding hydrogens is 444 g/mol. The van der Waals surface area contributed by atoms with Crippen LogP contribution in [0.3, 0.4) is 0 Å². The van der Waals surface area contributed by atoms with Gasteiger partial charge in [0.15, 0.2) is 5.60 Å². The molecule has 0 bridgehead atoms. The lowest BCUT2D eigenvalue weighted by Gasteiger charge is -2.34. The summed E-state index contributed by atoms with van der Waals surface area (Å²) in [5.74, 6) is -0.677. The molecule has 0 amide bonds. The molecule has 2 aromatic carbocycles. The minimum absolute atomic E-state index is 0.0139. The second-order valence-electron chi connectivity index (χ2n) is 8.39. The molecule has 1 aromatic heterocycles. The first-order valence-electron chi connectivity index (χ1n) is 10.2. The maximum Gasteiger partial charge on any atom is 0.541 e. The summed E-state index contributed by atoms with van der Waals surface area (Å²) in [6.45, 7) is 6.29. The molecule has 8 heteroatoms. The van der Waals surface area contributed by atoms with Gasteiger partial charge < -0.3 is 10.2 Å². The molecule has 0 aliphatic carbocycles. The highest BCUT2D eigenvalue weighted by molar-refractivity contribution is 7.42. The maximum absolute atomic E-state index is 14.1. The summed E-state index contributed by atoms with van der Waals surface area (Å²) in [6, 6.07) is 11.4. The number of terminal acetylenes is 1. The van der Waals surface area contributed by atoms with E-state index >= 15 is 0 Å². The predicted molar refractivity (Wildman–Crippen MR) is 125 cm³/mol. The number of carboxylic acids is 1. The van der Waals surface area contributed by atoms with Crippen molar-refractivity contribution in [3.63, 3.8) is 0 Å². The van der Waals surface area contributed by atoms with Gasteiger partial charge in [-0.2, -0.15) is 4.89 Å². The Morgan fingerprint density at radius 2 is 1.88 bits per heavy atom. The number of pyridine rings is 1. The summed E-state index contributed by atoms with van der Waals surface area (Å²) < 4.78 is 26.5. The molecule has 33 heavy (non-hydrogen) atoms. The molecule has 0 aliphatic heterocycles. The standard InChI is InChI=1S/C25H23FNO5P/c1-6-25(23(28)29,33(31)32)24(5,30)21-20(16-11-12-18(26)15(4)13-16)17-9-7-8-10-19(17)27-22(21)14(2)3/h1,7-14,30H,2-5H3,(H-,28,29,31,32)/p+1. The van der Waals surface area contributed by atoms with Crippen molar-refractivity contribution in [2.75, 3.05) is 0 Å². The van der Waals surface area contributed by atoms with Gasteiger partial charge in [0.05, 0.1) is 11.2 Å². The lowest BCUT2D eigenvalue weighted by atomic mass is 9.75. The molecule has 1 heterocycles.